The van der Waals surface area contributed by atoms with Crippen molar-refractivity contribution in [3.05, 3.63) is 41.8 Å². The average Bonchev–Trinajstić information content (AvgIpc) is 3.20. The summed E-state index contributed by atoms with van der Waals surface area (Å²) in [7, 11) is 0. The standard InChI is InChI=1S/C17H17N3O6/c1-10(15(22)20-8-7-18-17(20)24)26-16(23)13-12(21)9-25-14(13)19-11-5-3-2-4-6-11/h2-6,10,19H,7-9H2,1H3,(H,18,24)/t10-/m0/s1. The first-order chi connectivity index (χ1) is 12.5. The second kappa shape index (κ2) is 7.26. The maximum absolute atomic E-state index is 12.4. The fourth-order valence-electron chi connectivity index (χ4n) is 2.54. The summed E-state index contributed by atoms with van der Waals surface area (Å²) in [5, 5.41) is 5.33. The van der Waals surface area contributed by atoms with Crippen LogP contribution in [0.5, 0.6) is 0 Å². The third kappa shape index (κ3) is 3.51. The summed E-state index contributed by atoms with van der Waals surface area (Å²) in [6, 6.07) is 8.31. The number of carbonyl (C=O) groups is 4. The molecular weight excluding hydrogens is 342 g/mol. The Hall–Kier alpha value is -3.36. The predicted molar refractivity (Wildman–Crippen MR) is 88.7 cm³/mol. The average molecular weight is 359 g/mol. The van der Waals surface area contributed by atoms with Gasteiger partial charge in [-0.15, -0.1) is 0 Å². The number of rotatable bonds is 5. The number of esters is 1. The SMILES string of the molecule is C[C@H](OC(=O)C1=C(Nc2ccccc2)OCC1=O)C(=O)N1CCNC1=O. The lowest BCUT2D eigenvalue weighted by molar-refractivity contribution is -0.154. The van der Waals surface area contributed by atoms with Crippen molar-refractivity contribution in [2.75, 3.05) is 25.0 Å². The lowest BCUT2D eigenvalue weighted by Gasteiger charge is -2.18. The molecule has 2 N–H and O–H groups in total. The van der Waals surface area contributed by atoms with Gasteiger partial charge >= 0.3 is 12.0 Å². The van der Waals surface area contributed by atoms with Gasteiger partial charge in [-0.25, -0.2) is 9.59 Å². The van der Waals surface area contributed by atoms with E-state index in [4.69, 9.17) is 9.47 Å². The number of nitrogens with one attached hydrogen (secondary N) is 2. The van der Waals surface area contributed by atoms with Crippen LogP contribution >= 0.6 is 0 Å². The first-order valence-electron chi connectivity index (χ1n) is 8.00. The molecule has 1 fully saturated rings. The molecule has 2 aliphatic heterocycles. The first kappa shape index (κ1) is 17.5. The Morgan fingerprint density at radius 3 is 2.65 bits per heavy atom. The highest BCUT2D eigenvalue weighted by Crippen LogP contribution is 2.21. The Kier molecular flexibility index (Phi) is 4.87. The smallest absolute Gasteiger partial charge is 0.348 e. The highest BCUT2D eigenvalue weighted by atomic mass is 16.6. The number of benzene rings is 1. The Morgan fingerprint density at radius 1 is 1.27 bits per heavy atom. The van der Waals surface area contributed by atoms with Crippen molar-refractivity contribution in [2.45, 2.75) is 13.0 Å². The van der Waals surface area contributed by atoms with E-state index in [1.165, 1.54) is 6.92 Å². The summed E-state index contributed by atoms with van der Waals surface area (Å²) in [6.45, 7) is 1.59. The Bertz CT molecular complexity index is 789. The van der Waals surface area contributed by atoms with Crippen LogP contribution in [0.15, 0.2) is 41.8 Å². The van der Waals surface area contributed by atoms with Gasteiger partial charge in [0.1, 0.15) is 0 Å². The molecule has 0 radical (unpaired) electrons. The minimum absolute atomic E-state index is 0.0234. The molecule has 0 aliphatic carbocycles. The molecule has 0 bridgehead atoms. The molecule has 1 saturated heterocycles. The van der Waals surface area contributed by atoms with Crippen LogP contribution in [0.25, 0.3) is 0 Å². The lowest BCUT2D eigenvalue weighted by Crippen LogP contribution is -2.42. The fraction of sp³-hybridized carbons (Fsp3) is 0.294. The number of hydrogen-bond acceptors (Lipinski definition) is 7. The molecule has 0 spiro atoms. The molecule has 2 heterocycles. The van der Waals surface area contributed by atoms with E-state index in [1.807, 2.05) is 6.07 Å². The summed E-state index contributed by atoms with van der Waals surface area (Å²) in [5.74, 6) is -2.21. The summed E-state index contributed by atoms with van der Waals surface area (Å²) in [4.78, 5) is 49.1. The molecule has 9 heteroatoms. The van der Waals surface area contributed by atoms with E-state index in [2.05, 4.69) is 10.6 Å². The van der Waals surface area contributed by atoms with Gasteiger partial charge in [-0.1, -0.05) is 18.2 Å². The third-order valence-electron chi connectivity index (χ3n) is 3.84. The van der Waals surface area contributed by atoms with E-state index in [0.717, 1.165) is 4.90 Å². The number of imide groups is 1. The summed E-state index contributed by atoms with van der Waals surface area (Å²) in [6.07, 6.45) is -1.22. The molecule has 1 aromatic carbocycles. The molecule has 9 nitrogen and oxygen atoms in total. The molecule has 136 valence electrons. The van der Waals surface area contributed by atoms with Crippen LogP contribution < -0.4 is 10.6 Å². The van der Waals surface area contributed by atoms with Crippen molar-refractivity contribution in [1.82, 2.24) is 10.2 Å². The molecular formula is C17H17N3O6. The van der Waals surface area contributed by atoms with E-state index in [9.17, 15) is 19.2 Å². The molecule has 0 aromatic heterocycles. The van der Waals surface area contributed by atoms with Crippen molar-refractivity contribution in [1.29, 1.82) is 0 Å². The van der Waals surface area contributed by atoms with Gasteiger partial charge in [0.15, 0.2) is 18.3 Å². The molecule has 3 amide bonds. The van der Waals surface area contributed by atoms with Crippen molar-refractivity contribution in [2.24, 2.45) is 0 Å². The quantitative estimate of drug-likeness (QED) is 0.577. The highest BCUT2D eigenvalue weighted by Gasteiger charge is 2.36. The van der Waals surface area contributed by atoms with Crippen LogP contribution in [-0.4, -0.2) is 54.4 Å². The number of ether oxygens (including phenoxy) is 2. The van der Waals surface area contributed by atoms with E-state index < -0.39 is 29.8 Å². The maximum Gasteiger partial charge on any atom is 0.348 e. The van der Waals surface area contributed by atoms with Crippen LogP contribution in [0.1, 0.15) is 6.92 Å². The molecule has 0 saturated carbocycles. The van der Waals surface area contributed by atoms with E-state index in [1.54, 1.807) is 24.3 Å². The molecule has 1 atom stereocenters. The van der Waals surface area contributed by atoms with Crippen molar-refractivity contribution in [3.8, 4) is 0 Å². The fourth-order valence-corrected chi connectivity index (χ4v) is 2.54. The van der Waals surface area contributed by atoms with Gasteiger partial charge in [-0.2, -0.15) is 0 Å². The minimum atomic E-state index is -1.22. The van der Waals surface area contributed by atoms with Crippen molar-refractivity contribution >= 4 is 29.4 Å². The van der Waals surface area contributed by atoms with E-state index in [0.29, 0.717) is 12.2 Å². The number of urea groups is 1. The number of hydrogen-bond donors (Lipinski definition) is 2. The topological polar surface area (TPSA) is 114 Å². The zero-order chi connectivity index (χ0) is 18.7. The zero-order valence-electron chi connectivity index (χ0n) is 14.0. The number of carbonyl (C=O) groups excluding carboxylic acids is 4. The summed E-state index contributed by atoms with van der Waals surface area (Å²) < 4.78 is 10.3. The number of amides is 3. The lowest BCUT2D eigenvalue weighted by atomic mass is 10.2. The molecule has 1 aromatic rings. The van der Waals surface area contributed by atoms with Gasteiger partial charge in [-0.05, 0) is 19.1 Å². The Labute approximate surface area is 148 Å². The van der Waals surface area contributed by atoms with Crippen LogP contribution in [-0.2, 0) is 23.9 Å². The van der Waals surface area contributed by atoms with Crippen molar-refractivity contribution < 1.29 is 28.7 Å². The normalized spacial score (nSPS) is 17.7. The first-order valence-corrected chi connectivity index (χ1v) is 8.00. The van der Waals surface area contributed by atoms with Gasteiger partial charge in [0.2, 0.25) is 11.7 Å². The van der Waals surface area contributed by atoms with Crippen LogP contribution in [0.3, 0.4) is 0 Å². The van der Waals surface area contributed by atoms with Gasteiger partial charge in [-0.3, -0.25) is 14.5 Å². The van der Waals surface area contributed by atoms with E-state index in [-0.39, 0.29) is 24.6 Å². The molecule has 2 aliphatic rings. The van der Waals surface area contributed by atoms with Crippen LogP contribution in [0.2, 0.25) is 0 Å². The number of ketones is 1. The van der Waals surface area contributed by atoms with Crippen molar-refractivity contribution in [3.63, 3.8) is 0 Å². The number of Topliss-reactive ketones (excluding diaryl/α,β-unsaturated/α-hetero) is 1. The second-order valence-corrected chi connectivity index (χ2v) is 5.68. The Balaban J connectivity index is 1.72. The van der Waals surface area contributed by atoms with Crippen LogP contribution in [0.4, 0.5) is 10.5 Å². The van der Waals surface area contributed by atoms with Crippen LogP contribution in [0, 0.1) is 0 Å². The highest BCUT2D eigenvalue weighted by molar-refractivity contribution is 6.20. The largest absolute Gasteiger partial charge is 0.470 e. The monoisotopic (exact) mass is 359 g/mol. The van der Waals surface area contributed by atoms with Gasteiger partial charge in [0.25, 0.3) is 5.91 Å². The number of anilines is 1. The Morgan fingerprint density at radius 2 is 2.00 bits per heavy atom. The summed E-state index contributed by atoms with van der Waals surface area (Å²) >= 11 is 0. The number of para-hydroxylation sites is 1. The second-order valence-electron chi connectivity index (χ2n) is 5.68. The van der Waals surface area contributed by atoms with Gasteiger partial charge < -0.3 is 20.1 Å². The maximum atomic E-state index is 12.4. The molecule has 0 unspecified atom stereocenters. The van der Waals surface area contributed by atoms with Gasteiger partial charge in [0, 0.05) is 18.8 Å². The third-order valence-corrected chi connectivity index (χ3v) is 3.84. The molecule has 3 rings (SSSR count). The van der Waals surface area contributed by atoms with Gasteiger partial charge in [0.05, 0.1) is 0 Å². The zero-order valence-corrected chi connectivity index (χ0v) is 14.0. The molecule has 26 heavy (non-hydrogen) atoms. The number of nitrogens with zero attached hydrogens (tertiary/aromatic N) is 1. The summed E-state index contributed by atoms with van der Waals surface area (Å²) in [5.41, 5.74) is 0.333. The minimum Gasteiger partial charge on any atom is -0.470 e. The van der Waals surface area contributed by atoms with E-state index >= 15 is 0 Å². The predicted octanol–water partition coefficient (Wildman–Crippen LogP) is 0.393.